The van der Waals surface area contributed by atoms with Gasteiger partial charge in [-0.2, -0.15) is 0 Å². The van der Waals surface area contributed by atoms with Crippen molar-refractivity contribution in [1.29, 1.82) is 0 Å². The van der Waals surface area contributed by atoms with Crippen molar-refractivity contribution in [3.63, 3.8) is 0 Å². The first-order valence-electron chi connectivity index (χ1n) is 7.43. The Bertz CT molecular complexity index is 536. The summed E-state index contributed by atoms with van der Waals surface area (Å²) in [5.41, 5.74) is 2.52. The molecule has 2 aromatic carbocycles. The molecule has 0 aliphatic carbocycles. The van der Waals surface area contributed by atoms with Crippen LogP contribution in [0.3, 0.4) is 0 Å². The van der Waals surface area contributed by atoms with Crippen molar-refractivity contribution in [2.24, 2.45) is 0 Å². The zero-order valence-corrected chi connectivity index (χ0v) is 13.1. The fourth-order valence-corrected chi connectivity index (χ4v) is 2.54. The Kier molecular flexibility index (Phi) is 6.09. The number of rotatable bonds is 7. The van der Waals surface area contributed by atoms with Gasteiger partial charge in [0.25, 0.3) is 0 Å². The third kappa shape index (κ3) is 5.07. The molecular formula is C18H22ClNO. The highest BCUT2D eigenvalue weighted by Gasteiger charge is 2.12. The SMILES string of the molecule is CCCNCC(Cc1ccc(O)cc1)c1ccc(Cl)cc1. The van der Waals surface area contributed by atoms with Crippen molar-refractivity contribution in [3.8, 4) is 5.75 Å². The van der Waals surface area contributed by atoms with Gasteiger partial charge >= 0.3 is 0 Å². The van der Waals surface area contributed by atoms with Crippen LogP contribution in [0.5, 0.6) is 5.75 Å². The number of halogens is 1. The van der Waals surface area contributed by atoms with E-state index in [0.717, 1.165) is 31.0 Å². The van der Waals surface area contributed by atoms with E-state index in [1.807, 2.05) is 24.3 Å². The summed E-state index contributed by atoms with van der Waals surface area (Å²) in [6.07, 6.45) is 2.07. The minimum atomic E-state index is 0.311. The molecule has 1 unspecified atom stereocenters. The van der Waals surface area contributed by atoms with Gasteiger partial charge in [-0.15, -0.1) is 0 Å². The van der Waals surface area contributed by atoms with Crippen molar-refractivity contribution < 1.29 is 5.11 Å². The Morgan fingerprint density at radius 3 is 2.33 bits per heavy atom. The summed E-state index contributed by atoms with van der Waals surface area (Å²) in [6.45, 7) is 4.14. The van der Waals surface area contributed by atoms with Crippen LogP contribution in [0.15, 0.2) is 48.5 Å². The van der Waals surface area contributed by atoms with Crippen LogP contribution < -0.4 is 5.32 Å². The minimum Gasteiger partial charge on any atom is -0.508 e. The van der Waals surface area contributed by atoms with Crippen molar-refractivity contribution in [3.05, 3.63) is 64.7 Å². The molecule has 3 heteroatoms. The molecule has 0 aliphatic heterocycles. The van der Waals surface area contributed by atoms with Gasteiger partial charge < -0.3 is 10.4 Å². The van der Waals surface area contributed by atoms with E-state index in [1.54, 1.807) is 12.1 Å². The van der Waals surface area contributed by atoms with E-state index < -0.39 is 0 Å². The van der Waals surface area contributed by atoms with E-state index in [4.69, 9.17) is 11.6 Å². The Morgan fingerprint density at radius 2 is 1.71 bits per heavy atom. The van der Waals surface area contributed by atoms with Crippen LogP contribution in [0.1, 0.15) is 30.4 Å². The van der Waals surface area contributed by atoms with Crippen LogP contribution in [0, 0.1) is 0 Å². The van der Waals surface area contributed by atoms with E-state index in [2.05, 4.69) is 24.4 Å². The van der Waals surface area contributed by atoms with Gasteiger partial charge in [-0.05, 0) is 54.8 Å². The molecule has 0 saturated carbocycles. The molecule has 0 amide bonds. The van der Waals surface area contributed by atoms with E-state index in [9.17, 15) is 5.11 Å². The van der Waals surface area contributed by atoms with Crippen LogP contribution in [-0.4, -0.2) is 18.2 Å². The zero-order chi connectivity index (χ0) is 15.1. The van der Waals surface area contributed by atoms with Gasteiger partial charge in [-0.25, -0.2) is 0 Å². The van der Waals surface area contributed by atoms with Gasteiger partial charge in [0.05, 0.1) is 0 Å². The van der Waals surface area contributed by atoms with Gasteiger partial charge in [-0.1, -0.05) is 42.8 Å². The molecule has 0 saturated heterocycles. The number of phenolic OH excluding ortho intramolecular Hbond substituents is 1. The average molecular weight is 304 g/mol. The first-order chi connectivity index (χ1) is 10.2. The maximum absolute atomic E-state index is 9.38. The highest BCUT2D eigenvalue weighted by atomic mass is 35.5. The number of benzene rings is 2. The molecule has 1 atom stereocenters. The molecule has 2 rings (SSSR count). The van der Waals surface area contributed by atoms with E-state index in [-0.39, 0.29) is 0 Å². The molecule has 0 aromatic heterocycles. The molecule has 2 aromatic rings. The zero-order valence-electron chi connectivity index (χ0n) is 12.3. The molecule has 21 heavy (non-hydrogen) atoms. The van der Waals surface area contributed by atoms with E-state index >= 15 is 0 Å². The molecule has 0 spiro atoms. The fourth-order valence-electron chi connectivity index (χ4n) is 2.41. The lowest BCUT2D eigenvalue weighted by Crippen LogP contribution is -2.23. The molecule has 0 heterocycles. The van der Waals surface area contributed by atoms with Crippen LogP contribution in [0.25, 0.3) is 0 Å². The van der Waals surface area contributed by atoms with Gasteiger partial charge in [0.1, 0.15) is 5.75 Å². The quantitative estimate of drug-likeness (QED) is 0.744. The third-order valence-corrected chi connectivity index (χ3v) is 3.83. The monoisotopic (exact) mass is 303 g/mol. The van der Waals surface area contributed by atoms with Crippen LogP contribution in [-0.2, 0) is 6.42 Å². The van der Waals surface area contributed by atoms with Crippen LogP contribution in [0.2, 0.25) is 5.02 Å². The summed E-state index contributed by atoms with van der Waals surface area (Å²) in [5.74, 6) is 0.712. The lowest BCUT2D eigenvalue weighted by atomic mass is 9.92. The molecule has 2 N–H and O–H groups in total. The minimum absolute atomic E-state index is 0.311. The van der Waals surface area contributed by atoms with Gasteiger partial charge in [-0.3, -0.25) is 0 Å². The fraction of sp³-hybridized carbons (Fsp3) is 0.333. The number of aromatic hydroxyl groups is 1. The highest BCUT2D eigenvalue weighted by molar-refractivity contribution is 6.30. The number of phenols is 1. The number of nitrogens with one attached hydrogen (secondary N) is 1. The first-order valence-corrected chi connectivity index (χ1v) is 7.81. The van der Waals surface area contributed by atoms with Gasteiger partial charge in [0, 0.05) is 17.5 Å². The Balaban J connectivity index is 2.11. The maximum atomic E-state index is 9.38. The molecule has 0 aliphatic rings. The smallest absolute Gasteiger partial charge is 0.115 e. The van der Waals surface area contributed by atoms with Gasteiger partial charge in [0.2, 0.25) is 0 Å². The topological polar surface area (TPSA) is 32.3 Å². The highest BCUT2D eigenvalue weighted by Crippen LogP contribution is 2.23. The van der Waals surface area contributed by atoms with Crippen LogP contribution in [0.4, 0.5) is 0 Å². The second-order valence-electron chi connectivity index (χ2n) is 5.32. The standard InChI is InChI=1S/C18H22ClNO/c1-2-11-20-13-16(15-5-7-17(19)8-6-15)12-14-3-9-18(21)10-4-14/h3-10,16,20-21H,2,11-13H2,1H3. The molecule has 0 radical (unpaired) electrons. The molecule has 112 valence electrons. The van der Waals surface area contributed by atoms with Crippen molar-refractivity contribution in [2.45, 2.75) is 25.7 Å². The second kappa shape index (κ2) is 8.06. The Morgan fingerprint density at radius 1 is 1.05 bits per heavy atom. The van der Waals surface area contributed by atoms with Crippen LogP contribution >= 0.6 is 11.6 Å². The molecule has 0 fully saturated rings. The molecular weight excluding hydrogens is 282 g/mol. The normalized spacial score (nSPS) is 12.3. The number of hydrogen-bond donors (Lipinski definition) is 2. The van der Waals surface area contributed by atoms with Gasteiger partial charge in [0.15, 0.2) is 0 Å². The largest absolute Gasteiger partial charge is 0.508 e. The predicted octanol–water partition coefficient (Wildman–Crippen LogP) is 4.37. The van der Waals surface area contributed by atoms with Crippen molar-refractivity contribution in [2.75, 3.05) is 13.1 Å². The Labute approximate surface area is 131 Å². The second-order valence-corrected chi connectivity index (χ2v) is 5.76. The average Bonchev–Trinajstić information content (AvgIpc) is 2.49. The summed E-state index contributed by atoms with van der Waals surface area (Å²) in [7, 11) is 0. The lowest BCUT2D eigenvalue weighted by molar-refractivity contribution is 0.475. The summed E-state index contributed by atoms with van der Waals surface area (Å²) in [6, 6.07) is 15.5. The predicted molar refractivity (Wildman–Crippen MR) is 89.2 cm³/mol. The lowest BCUT2D eigenvalue weighted by Gasteiger charge is -2.18. The number of hydrogen-bond acceptors (Lipinski definition) is 2. The summed E-state index contributed by atoms with van der Waals surface area (Å²) >= 11 is 5.98. The summed E-state index contributed by atoms with van der Waals surface area (Å²) < 4.78 is 0. The van der Waals surface area contributed by atoms with Crippen molar-refractivity contribution in [1.82, 2.24) is 5.32 Å². The summed E-state index contributed by atoms with van der Waals surface area (Å²) in [4.78, 5) is 0. The third-order valence-electron chi connectivity index (χ3n) is 3.58. The summed E-state index contributed by atoms with van der Waals surface area (Å²) in [5, 5.41) is 13.6. The van der Waals surface area contributed by atoms with Crippen molar-refractivity contribution >= 4 is 11.6 Å². The molecule has 0 bridgehead atoms. The Hall–Kier alpha value is -1.51. The molecule has 2 nitrogen and oxygen atoms in total. The van der Waals surface area contributed by atoms with E-state index in [0.29, 0.717) is 11.7 Å². The maximum Gasteiger partial charge on any atom is 0.115 e. The van der Waals surface area contributed by atoms with E-state index in [1.165, 1.54) is 11.1 Å². The first kappa shape index (κ1) is 15.9.